The Balaban J connectivity index is 1.36. The number of hydrogen-bond donors (Lipinski definition) is 2. The van der Waals surface area contributed by atoms with Crippen molar-refractivity contribution in [3.63, 3.8) is 0 Å². The number of nitrogens with zero attached hydrogens (tertiary/aromatic N) is 3. The molecule has 24 heavy (non-hydrogen) atoms. The minimum Gasteiger partial charge on any atom is -0.349 e. The molecule has 1 saturated carbocycles. The molecule has 1 aromatic heterocycles. The molecule has 1 aromatic carbocycles. The lowest BCUT2D eigenvalue weighted by molar-refractivity contribution is -0.119. The zero-order valence-corrected chi connectivity index (χ0v) is 14.3. The van der Waals surface area contributed by atoms with E-state index in [1.54, 1.807) is 0 Å². The normalized spacial score (nSPS) is 19.8. The molecule has 0 spiro atoms. The maximum Gasteiger partial charge on any atom is 0.230 e. The van der Waals surface area contributed by atoms with Crippen LogP contribution in [0.25, 0.3) is 0 Å². The number of rotatable bonds is 5. The summed E-state index contributed by atoms with van der Waals surface area (Å²) in [7, 11) is 0. The third kappa shape index (κ3) is 3.13. The molecule has 2 aliphatic rings. The monoisotopic (exact) mass is 343 g/mol. The Morgan fingerprint density at radius 3 is 2.96 bits per heavy atom. The molecule has 0 aliphatic heterocycles. The number of nitrogens with one attached hydrogen (secondary N) is 1. The van der Waals surface area contributed by atoms with Crippen LogP contribution in [0.4, 0.5) is 0 Å². The predicted molar refractivity (Wildman–Crippen MR) is 93.1 cm³/mol. The molecule has 126 valence electrons. The van der Waals surface area contributed by atoms with Crippen molar-refractivity contribution in [3.8, 4) is 0 Å². The molecule has 2 aliphatic carbocycles. The predicted octanol–water partition coefficient (Wildman–Crippen LogP) is 2.16. The van der Waals surface area contributed by atoms with Crippen molar-refractivity contribution in [1.29, 1.82) is 0 Å². The van der Waals surface area contributed by atoms with Crippen molar-refractivity contribution in [3.05, 3.63) is 41.2 Å². The lowest BCUT2D eigenvalue weighted by atomic mass is 9.88. The molecule has 3 N–H and O–H groups in total. The molecule has 0 bridgehead atoms. The summed E-state index contributed by atoms with van der Waals surface area (Å²) in [5.41, 5.74) is 2.59. The summed E-state index contributed by atoms with van der Waals surface area (Å²) >= 11 is 1.34. The number of fused-ring (bicyclic) bond motifs is 1. The van der Waals surface area contributed by atoms with Gasteiger partial charge in [0.25, 0.3) is 0 Å². The summed E-state index contributed by atoms with van der Waals surface area (Å²) in [5, 5.41) is 12.0. The van der Waals surface area contributed by atoms with Crippen molar-refractivity contribution in [2.45, 2.75) is 49.2 Å². The van der Waals surface area contributed by atoms with Gasteiger partial charge in [0.2, 0.25) is 11.1 Å². The Morgan fingerprint density at radius 2 is 2.12 bits per heavy atom. The van der Waals surface area contributed by atoms with Gasteiger partial charge in [-0.2, -0.15) is 0 Å². The summed E-state index contributed by atoms with van der Waals surface area (Å²) in [5.74, 6) is 7.61. The smallest absolute Gasteiger partial charge is 0.230 e. The zero-order chi connectivity index (χ0) is 16.5. The first-order valence-electron chi connectivity index (χ1n) is 8.42. The average Bonchev–Trinajstić information content (AvgIpc) is 3.37. The highest BCUT2D eigenvalue weighted by molar-refractivity contribution is 7.99. The van der Waals surface area contributed by atoms with Gasteiger partial charge in [-0.25, -0.2) is 4.68 Å². The third-order valence-electron chi connectivity index (χ3n) is 4.67. The SMILES string of the molecule is Nn1c(SCC(=O)N[C@@H]2CCCc3ccccc32)nnc1C1CC1. The highest BCUT2D eigenvalue weighted by Gasteiger charge is 2.30. The first-order chi connectivity index (χ1) is 11.7. The van der Waals surface area contributed by atoms with Crippen molar-refractivity contribution < 1.29 is 4.79 Å². The summed E-state index contributed by atoms with van der Waals surface area (Å²) in [6.07, 6.45) is 5.45. The molecule has 0 saturated heterocycles. The highest BCUT2D eigenvalue weighted by atomic mass is 32.2. The van der Waals surface area contributed by atoms with Crippen LogP contribution in [0, 0.1) is 0 Å². The van der Waals surface area contributed by atoms with Crippen LogP contribution in [0.1, 0.15) is 54.6 Å². The van der Waals surface area contributed by atoms with E-state index in [0.717, 1.165) is 37.9 Å². The van der Waals surface area contributed by atoms with Crippen molar-refractivity contribution in [2.75, 3.05) is 11.6 Å². The molecule has 1 heterocycles. The van der Waals surface area contributed by atoms with Crippen LogP contribution in [0.15, 0.2) is 29.4 Å². The van der Waals surface area contributed by atoms with E-state index in [4.69, 9.17) is 5.84 Å². The number of hydrogen-bond acceptors (Lipinski definition) is 5. The van der Waals surface area contributed by atoms with Gasteiger partial charge in [-0.1, -0.05) is 36.0 Å². The van der Waals surface area contributed by atoms with Gasteiger partial charge >= 0.3 is 0 Å². The molecular formula is C17H21N5OS. The fourth-order valence-electron chi connectivity index (χ4n) is 3.28. The summed E-state index contributed by atoms with van der Waals surface area (Å²) in [4.78, 5) is 12.3. The summed E-state index contributed by atoms with van der Waals surface area (Å²) in [6.45, 7) is 0. The number of thioether (sulfide) groups is 1. The quantitative estimate of drug-likeness (QED) is 0.642. The summed E-state index contributed by atoms with van der Waals surface area (Å²) < 4.78 is 1.53. The number of carbonyl (C=O) groups excluding carboxylic acids is 1. The molecule has 0 unspecified atom stereocenters. The molecular weight excluding hydrogens is 322 g/mol. The Kier molecular flexibility index (Phi) is 4.18. The van der Waals surface area contributed by atoms with Gasteiger partial charge in [0.15, 0.2) is 5.82 Å². The minimum atomic E-state index is 0.0117. The van der Waals surface area contributed by atoms with Gasteiger partial charge in [0.05, 0.1) is 11.8 Å². The maximum atomic E-state index is 12.3. The van der Waals surface area contributed by atoms with Gasteiger partial charge in [0.1, 0.15) is 0 Å². The van der Waals surface area contributed by atoms with Crippen LogP contribution in [-0.2, 0) is 11.2 Å². The molecule has 1 atom stereocenters. The van der Waals surface area contributed by atoms with Crippen LogP contribution in [0.2, 0.25) is 0 Å². The fourth-order valence-corrected chi connectivity index (χ4v) is 3.95. The van der Waals surface area contributed by atoms with Crippen molar-refractivity contribution in [1.82, 2.24) is 20.2 Å². The summed E-state index contributed by atoms with van der Waals surface area (Å²) in [6, 6.07) is 8.48. The van der Waals surface area contributed by atoms with Gasteiger partial charge in [-0.15, -0.1) is 10.2 Å². The maximum absolute atomic E-state index is 12.3. The van der Waals surface area contributed by atoms with E-state index >= 15 is 0 Å². The van der Waals surface area contributed by atoms with Crippen molar-refractivity contribution in [2.24, 2.45) is 0 Å². The molecule has 1 fully saturated rings. The molecule has 6 nitrogen and oxygen atoms in total. The van der Waals surface area contributed by atoms with Gasteiger partial charge in [0, 0.05) is 5.92 Å². The molecule has 0 radical (unpaired) electrons. The first kappa shape index (κ1) is 15.5. The Bertz CT molecular complexity index is 755. The van der Waals surface area contributed by atoms with Crippen LogP contribution in [0.5, 0.6) is 0 Å². The number of aryl methyl sites for hydroxylation is 1. The van der Waals surface area contributed by atoms with E-state index in [-0.39, 0.29) is 11.9 Å². The number of carbonyl (C=O) groups is 1. The van der Waals surface area contributed by atoms with E-state index in [0.29, 0.717) is 16.8 Å². The second kappa shape index (κ2) is 6.47. The van der Waals surface area contributed by atoms with E-state index in [1.165, 1.54) is 27.6 Å². The largest absolute Gasteiger partial charge is 0.349 e. The van der Waals surface area contributed by atoms with Crippen LogP contribution in [-0.4, -0.2) is 26.5 Å². The first-order valence-corrected chi connectivity index (χ1v) is 9.41. The number of amides is 1. The fraction of sp³-hybridized carbons (Fsp3) is 0.471. The highest BCUT2D eigenvalue weighted by Crippen LogP contribution is 2.39. The van der Waals surface area contributed by atoms with E-state index in [1.807, 2.05) is 6.07 Å². The second-order valence-corrected chi connectivity index (χ2v) is 7.43. The third-order valence-corrected chi connectivity index (χ3v) is 5.61. The Hall–Kier alpha value is -2.02. The van der Waals surface area contributed by atoms with Crippen LogP contribution in [0.3, 0.4) is 0 Å². The van der Waals surface area contributed by atoms with Crippen LogP contribution < -0.4 is 11.2 Å². The lowest BCUT2D eigenvalue weighted by Gasteiger charge is -2.26. The molecule has 7 heteroatoms. The Morgan fingerprint density at radius 1 is 1.29 bits per heavy atom. The number of nitrogens with two attached hydrogens (primary N) is 1. The molecule has 4 rings (SSSR count). The molecule has 2 aromatic rings. The van der Waals surface area contributed by atoms with Gasteiger partial charge in [-0.3, -0.25) is 4.79 Å². The minimum absolute atomic E-state index is 0.0117. The van der Waals surface area contributed by atoms with Gasteiger partial charge < -0.3 is 11.2 Å². The van der Waals surface area contributed by atoms with E-state index in [2.05, 4.69) is 33.7 Å². The number of aromatic nitrogens is 3. The van der Waals surface area contributed by atoms with E-state index < -0.39 is 0 Å². The second-order valence-electron chi connectivity index (χ2n) is 6.48. The van der Waals surface area contributed by atoms with Gasteiger partial charge in [-0.05, 0) is 43.2 Å². The molecule has 1 amide bonds. The number of benzene rings is 1. The average molecular weight is 343 g/mol. The number of nitrogen functional groups attached to an aromatic ring is 1. The lowest BCUT2D eigenvalue weighted by Crippen LogP contribution is -2.32. The van der Waals surface area contributed by atoms with E-state index in [9.17, 15) is 4.79 Å². The topological polar surface area (TPSA) is 85.8 Å². The van der Waals surface area contributed by atoms with Crippen molar-refractivity contribution >= 4 is 17.7 Å². The zero-order valence-electron chi connectivity index (χ0n) is 13.4. The van der Waals surface area contributed by atoms with Crippen LogP contribution >= 0.6 is 11.8 Å². The Labute approximate surface area is 145 Å². The standard InChI is InChI=1S/C17H21N5OS/c18-22-16(12-8-9-12)20-21-17(22)24-10-15(23)19-14-7-3-5-11-4-1-2-6-13(11)14/h1-2,4,6,12,14H,3,5,7-10,18H2,(H,19,23)/t14-/m1/s1.